The summed E-state index contributed by atoms with van der Waals surface area (Å²) >= 11 is 0. The van der Waals surface area contributed by atoms with E-state index in [-0.39, 0.29) is 12.5 Å². The molecule has 1 heterocycles. The quantitative estimate of drug-likeness (QED) is 0.590. The Morgan fingerprint density at radius 3 is 2.69 bits per heavy atom. The molecule has 5 nitrogen and oxygen atoms in total. The fourth-order valence-electron chi connectivity index (χ4n) is 1.38. The van der Waals surface area contributed by atoms with Gasteiger partial charge in [-0.3, -0.25) is 14.5 Å². The number of carbonyl (C=O) groups is 2. The molecule has 2 N–H and O–H groups in total. The van der Waals surface area contributed by atoms with E-state index in [1.165, 1.54) is 4.90 Å². The summed E-state index contributed by atoms with van der Waals surface area (Å²) in [5.41, 5.74) is 5.01. The zero-order chi connectivity index (χ0) is 9.84. The van der Waals surface area contributed by atoms with Crippen LogP contribution < -0.4 is 5.73 Å². The lowest BCUT2D eigenvalue weighted by Gasteiger charge is -2.32. The minimum absolute atomic E-state index is 0.00750. The van der Waals surface area contributed by atoms with Crippen molar-refractivity contribution in [3.63, 3.8) is 0 Å². The fraction of sp³-hybridized carbons (Fsp3) is 0.750. The first-order valence-electron chi connectivity index (χ1n) is 4.42. The van der Waals surface area contributed by atoms with E-state index in [1.54, 1.807) is 0 Å². The molecule has 0 bridgehead atoms. The minimum atomic E-state index is -0.446. The summed E-state index contributed by atoms with van der Waals surface area (Å²) in [4.78, 5) is 25.5. The molecule has 2 amide bonds. The van der Waals surface area contributed by atoms with E-state index in [2.05, 4.69) is 0 Å². The fourth-order valence-corrected chi connectivity index (χ4v) is 1.38. The molecule has 1 rings (SSSR count). The van der Waals surface area contributed by atoms with Crippen LogP contribution >= 0.6 is 0 Å². The van der Waals surface area contributed by atoms with E-state index in [1.807, 2.05) is 11.8 Å². The second-order valence-electron chi connectivity index (χ2n) is 3.15. The molecular weight excluding hydrogens is 170 g/mol. The summed E-state index contributed by atoms with van der Waals surface area (Å²) in [5, 5.41) is 0. The summed E-state index contributed by atoms with van der Waals surface area (Å²) in [5.74, 6) is -0.454. The normalized spacial score (nSPS) is 19.2. The topological polar surface area (TPSA) is 66.6 Å². The standard InChI is InChI=1S/C8H15N3O2/c1-2-10-3-4-11(5-7(9)12)8(13)6-10/h2-6H2,1H3,(H2,9,12). The molecule has 0 unspecified atom stereocenters. The van der Waals surface area contributed by atoms with Gasteiger partial charge in [0.15, 0.2) is 0 Å². The van der Waals surface area contributed by atoms with Gasteiger partial charge >= 0.3 is 0 Å². The molecule has 5 heteroatoms. The number of hydrogen-bond acceptors (Lipinski definition) is 3. The molecule has 1 aliphatic rings. The summed E-state index contributed by atoms with van der Waals surface area (Å²) in [6, 6.07) is 0. The van der Waals surface area contributed by atoms with Gasteiger partial charge in [0.2, 0.25) is 11.8 Å². The number of nitrogens with two attached hydrogens (primary N) is 1. The van der Waals surface area contributed by atoms with E-state index < -0.39 is 5.91 Å². The van der Waals surface area contributed by atoms with Crippen molar-refractivity contribution < 1.29 is 9.59 Å². The van der Waals surface area contributed by atoms with Crippen molar-refractivity contribution in [1.29, 1.82) is 0 Å². The van der Waals surface area contributed by atoms with Crippen LogP contribution in [0.4, 0.5) is 0 Å². The number of primary amides is 1. The third kappa shape index (κ3) is 2.69. The van der Waals surface area contributed by atoms with Gasteiger partial charge in [0.05, 0.1) is 13.1 Å². The average Bonchev–Trinajstić information content (AvgIpc) is 2.08. The Labute approximate surface area is 77.5 Å². The summed E-state index contributed by atoms with van der Waals surface area (Å²) in [6.45, 7) is 4.78. The molecule has 0 aromatic carbocycles. The van der Waals surface area contributed by atoms with Crippen molar-refractivity contribution in [2.75, 3.05) is 32.7 Å². The predicted molar refractivity (Wildman–Crippen MR) is 47.9 cm³/mol. The van der Waals surface area contributed by atoms with Gasteiger partial charge in [-0.1, -0.05) is 6.92 Å². The highest BCUT2D eigenvalue weighted by atomic mass is 16.2. The lowest BCUT2D eigenvalue weighted by molar-refractivity contribution is -0.139. The van der Waals surface area contributed by atoms with Crippen molar-refractivity contribution >= 4 is 11.8 Å². The van der Waals surface area contributed by atoms with Gasteiger partial charge in [0.25, 0.3) is 0 Å². The Morgan fingerprint density at radius 1 is 1.54 bits per heavy atom. The Balaban J connectivity index is 2.44. The SMILES string of the molecule is CCN1CCN(CC(N)=O)C(=O)C1. The van der Waals surface area contributed by atoms with Gasteiger partial charge in [-0.15, -0.1) is 0 Å². The number of nitrogens with zero attached hydrogens (tertiary/aromatic N) is 2. The van der Waals surface area contributed by atoms with Crippen LogP contribution in [0.15, 0.2) is 0 Å². The van der Waals surface area contributed by atoms with Crippen LogP contribution in [-0.2, 0) is 9.59 Å². The van der Waals surface area contributed by atoms with E-state index in [4.69, 9.17) is 5.73 Å². The van der Waals surface area contributed by atoms with Crippen LogP contribution in [0.2, 0.25) is 0 Å². The van der Waals surface area contributed by atoms with E-state index in [0.717, 1.165) is 13.1 Å². The molecule has 1 aliphatic heterocycles. The van der Waals surface area contributed by atoms with Crippen LogP contribution in [0.25, 0.3) is 0 Å². The number of carbonyl (C=O) groups excluding carboxylic acids is 2. The van der Waals surface area contributed by atoms with Crippen molar-refractivity contribution in [1.82, 2.24) is 9.80 Å². The van der Waals surface area contributed by atoms with E-state index >= 15 is 0 Å². The first kappa shape index (κ1) is 9.98. The third-order valence-corrected chi connectivity index (χ3v) is 2.19. The maximum Gasteiger partial charge on any atom is 0.237 e. The van der Waals surface area contributed by atoms with E-state index in [0.29, 0.717) is 13.1 Å². The highest BCUT2D eigenvalue weighted by Gasteiger charge is 2.23. The second kappa shape index (κ2) is 4.23. The Hall–Kier alpha value is -1.10. The summed E-state index contributed by atoms with van der Waals surface area (Å²) in [7, 11) is 0. The van der Waals surface area contributed by atoms with Gasteiger partial charge < -0.3 is 10.6 Å². The van der Waals surface area contributed by atoms with Crippen LogP contribution in [0.1, 0.15) is 6.92 Å². The van der Waals surface area contributed by atoms with Crippen LogP contribution in [-0.4, -0.2) is 54.3 Å². The van der Waals surface area contributed by atoms with Crippen LogP contribution in [0, 0.1) is 0 Å². The van der Waals surface area contributed by atoms with Gasteiger partial charge in [-0.2, -0.15) is 0 Å². The zero-order valence-electron chi connectivity index (χ0n) is 7.82. The monoisotopic (exact) mass is 185 g/mol. The number of piperazine rings is 1. The maximum absolute atomic E-state index is 11.4. The van der Waals surface area contributed by atoms with Gasteiger partial charge in [-0.25, -0.2) is 0 Å². The van der Waals surface area contributed by atoms with Crippen molar-refractivity contribution in [2.24, 2.45) is 5.73 Å². The highest BCUT2D eigenvalue weighted by Crippen LogP contribution is 2.01. The lowest BCUT2D eigenvalue weighted by atomic mass is 10.3. The molecule has 0 spiro atoms. The number of rotatable bonds is 3. The average molecular weight is 185 g/mol. The summed E-state index contributed by atoms with van der Waals surface area (Å²) < 4.78 is 0. The van der Waals surface area contributed by atoms with Crippen molar-refractivity contribution in [3.05, 3.63) is 0 Å². The molecule has 1 saturated heterocycles. The molecule has 0 aromatic rings. The zero-order valence-corrected chi connectivity index (χ0v) is 7.82. The molecule has 0 aliphatic carbocycles. The van der Waals surface area contributed by atoms with Crippen molar-refractivity contribution in [2.45, 2.75) is 6.92 Å². The lowest BCUT2D eigenvalue weighted by Crippen LogP contribution is -2.52. The molecule has 74 valence electrons. The first-order valence-corrected chi connectivity index (χ1v) is 4.42. The Bertz CT molecular complexity index is 217. The van der Waals surface area contributed by atoms with Crippen LogP contribution in [0.5, 0.6) is 0 Å². The number of amides is 2. The third-order valence-electron chi connectivity index (χ3n) is 2.19. The molecule has 0 saturated carbocycles. The molecule has 0 aromatic heterocycles. The maximum atomic E-state index is 11.4. The van der Waals surface area contributed by atoms with Gasteiger partial charge in [-0.05, 0) is 6.54 Å². The predicted octanol–water partition coefficient (Wildman–Crippen LogP) is -1.36. The molecular formula is C8H15N3O2. The van der Waals surface area contributed by atoms with Crippen LogP contribution in [0.3, 0.4) is 0 Å². The van der Waals surface area contributed by atoms with Gasteiger partial charge in [0.1, 0.15) is 0 Å². The molecule has 0 radical (unpaired) electrons. The molecule has 0 atom stereocenters. The summed E-state index contributed by atoms with van der Waals surface area (Å²) in [6.07, 6.45) is 0. The molecule has 13 heavy (non-hydrogen) atoms. The molecule has 1 fully saturated rings. The second-order valence-corrected chi connectivity index (χ2v) is 3.15. The number of hydrogen-bond donors (Lipinski definition) is 1. The first-order chi connectivity index (χ1) is 6.13. The number of likely N-dealkylation sites (N-methyl/N-ethyl adjacent to an activating group) is 1. The smallest absolute Gasteiger partial charge is 0.237 e. The van der Waals surface area contributed by atoms with Crippen molar-refractivity contribution in [3.8, 4) is 0 Å². The minimum Gasteiger partial charge on any atom is -0.368 e. The Morgan fingerprint density at radius 2 is 2.23 bits per heavy atom. The Kier molecular flexibility index (Phi) is 3.25. The van der Waals surface area contributed by atoms with Gasteiger partial charge in [0, 0.05) is 13.1 Å². The van der Waals surface area contributed by atoms with E-state index in [9.17, 15) is 9.59 Å². The largest absolute Gasteiger partial charge is 0.368 e. The highest BCUT2D eigenvalue weighted by molar-refractivity contribution is 5.85.